The number of halogens is 1. The summed E-state index contributed by atoms with van der Waals surface area (Å²) in [5, 5.41) is 3.24. The van der Waals surface area contributed by atoms with Crippen LogP contribution in [-0.2, 0) is 4.74 Å². The zero-order chi connectivity index (χ0) is 15.1. The summed E-state index contributed by atoms with van der Waals surface area (Å²) in [6.07, 6.45) is -0.393. The largest absolute Gasteiger partial charge is 0.364 e. The Labute approximate surface area is 126 Å². The van der Waals surface area contributed by atoms with Crippen molar-refractivity contribution in [1.82, 2.24) is 5.32 Å². The molecule has 0 saturated carbocycles. The summed E-state index contributed by atoms with van der Waals surface area (Å²) in [6, 6.07) is 16.8. The van der Waals surface area contributed by atoms with Crippen molar-refractivity contribution in [2.24, 2.45) is 0 Å². The molecule has 112 valence electrons. The average molecular weight is 287 g/mol. The molecule has 0 saturated heterocycles. The third kappa shape index (κ3) is 4.38. The highest BCUT2D eigenvalue weighted by Crippen LogP contribution is 2.27. The lowest BCUT2D eigenvalue weighted by Crippen LogP contribution is -2.24. The monoisotopic (exact) mass is 287 g/mol. The van der Waals surface area contributed by atoms with E-state index in [0.717, 1.165) is 12.1 Å². The number of ether oxygens (including phenoxy) is 1. The van der Waals surface area contributed by atoms with Gasteiger partial charge in [0.2, 0.25) is 0 Å². The molecule has 0 aromatic heterocycles. The SMILES string of the molecule is CCNCC(OC(C)c1ccccc1)c1ccccc1F. The predicted octanol–water partition coefficient (Wildman–Crippen LogP) is 4.25. The molecule has 0 aliphatic rings. The fourth-order valence-corrected chi connectivity index (χ4v) is 2.29. The minimum absolute atomic E-state index is 0.0885. The molecule has 2 aromatic rings. The van der Waals surface area contributed by atoms with Gasteiger partial charge in [-0.25, -0.2) is 4.39 Å². The van der Waals surface area contributed by atoms with E-state index in [-0.39, 0.29) is 18.0 Å². The van der Waals surface area contributed by atoms with Gasteiger partial charge >= 0.3 is 0 Å². The number of benzene rings is 2. The van der Waals surface area contributed by atoms with E-state index < -0.39 is 0 Å². The van der Waals surface area contributed by atoms with Crippen LogP contribution in [0.15, 0.2) is 54.6 Å². The zero-order valence-electron chi connectivity index (χ0n) is 12.6. The lowest BCUT2D eigenvalue weighted by molar-refractivity contribution is -0.00588. The summed E-state index contributed by atoms with van der Waals surface area (Å²) >= 11 is 0. The number of hydrogen-bond donors (Lipinski definition) is 1. The Morgan fingerprint density at radius 2 is 1.71 bits per heavy atom. The normalized spacial score (nSPS) is 13.9. The van der Waals surface area contributed by atoms with Crippen LogP contribution in [0.25, 0.3) is 0 Å². The predicted molar refractivity (Wildman–Crippen MR) is 83.6 cm³/mol. The molecule has 2 aromatic carbocycles. The van der Waals surface area contributed by atoms with E-state index in [1.54, 1.807) is 12.1 Å². The van der Waals surface area contributed by atoms with Gasteiger partial charge in [-0.05, 0) is 25.1 Å². The Kier molecular flexibility index (Phi) is 5.90. The maximum Gasteiger partial charge on any atom is 0.129 e. The molecule has 21 heavy (non-hydrogen) atoms. The highest BCUT2D eigenvalue weighted by molar-refractivity contribution is 5.21. The van der Waals surface area contributed by atoms with Gasteiger partial charge in [0.15, 0.2) is 0 Å². The van der Waals surface area contributed by atoms with Crippen molar-refractivity contribution in [1.29, 1.82) is 0 Å². The van der Waals surface area contributed by atoms with Gasteiger partial charge in [-0.1, -0.05) is 55.5 Å². The first-order chi connectivity index (χ1) is 10.2. The van der Waals surface area contributed by atoms with Crippen LogP contribution in [0.2, 0.25) is 0 Å². The summed E-state index contributed by atoms with van der Waals surface area (Å²) in [6.45, 7) is 5.44. The summed E-state index contributed by atoms with van der Waals surface area (Å²) in [5.41, 5.74) is 1.69. The molecule has 0 bridgehead atoms. The summed E-state index contributed by atoms with van der Waals surface area (Å²) < 4.78 is 20.1. The molecule has 0 aliphatic heterocycles. The van der Waals surface area contributed by atoms with Gasteiger partial charge in [0, 0.05) is 12.1 Å². The highest BCUT2D eigenvalue weighted by atomic mass is 19.1. The molecule has 2 rings (SSSR count). The van der Waals surface area contributed by atoms with Gasteiger partial charge < -0.3 is 10.1 Å². The molecule has 1 N–H and O–H groups in total. The third-order valence-electron chi connectivity index (χ3n) is 3.47. The highest BCUT2D eigenvalue weighted by Gasteiger charge is 2.19. The fraction of sp³-hybridized carbons (Fsp3) is 0.333. The zero-order valence-corrected chi connectivity index (χ0v) is 12.6. The molecular formula is C18H22FNO. The standard InChI is InChI=1S/C18H22FNO/c1-3-20-13-18(16-11-7-8-12-17(16)19)21-14(2)15-9-5-4-6-10-15/h4-12,14,18,20H,3,13H2,1-2H3. The molecule has 2 atom stereocenters. The molecule has 0 radical (unpaired) electrons. The molecule has 0 heterocycles. The quantitative estimate of drug-likeness (QED) is 0.822. The van der Waals surface area contributed by atoms with E-state index >= 15 is 0 Å². The topological polar surface area (TPSA) is 21.3 Å². The first-order valence-corrected chi connectivity index (χ1v) is 7.38. The van der Waals surface area contributed by atoms with E-state index in [1.165, 1.54) is 6.07 Å². The third-order valence-corrected chi connectivity index (χ3v) is 3.47. The fourth-order valence-electron chi connectivity index (χ4n) is 2.29. The maximum atomic E-state index is 14.0. The van der Waals surface area contributed by atoms with Crippen molar-refractivity contribution < 1.29 is 9.13 Å². The van der Waals surface area contributed by atoms with Crippen LogP contribution >= 0.6 is 0 Å². The summed E-state index contributed by atoms with van der Waals surface area (Å²) in [4.78, 5) is 0. The molecule has 0 amide bonds. The van der Waals surface area contributed by atoms with Gasteiger partial charge in [0.05, 0.1) is 12.2 Å². The Morgan fingerprint density at radius 1 is 1.05 bits per heavy atom. The first-order valence-electron chi connectivity index (χ1n) is 7.38. The molecule has 2 unspecified atom stereocenters. The van der Waals surface area contributed by atoms with Crippen molar-refractivity contribution in [2.75, 3.05) is 13.1 Å². The molecular weight excluding hydrogens is 265 g/mol. The van der Waals surface area contributed by atoms with Crippen LogP contribution in [0.4, 0.5) is 4.39 Å². The van der Waals surface area contributed by atoms with E-state index in [0.29, 0.717) is 12.1 Å². The van der Waals surface area contributed by atoms with E-state index in [2.05, 4.69) is 5.32 Å². The van der Waals surface area contributed by atoms with Crippen molar-refractivity contribution in [2.45, 2.75) is 26.1 Å². The number of rotatable bonds is 7. The van der Waals surface area contributed by atoms with Gasteiger partial charge in [-0.3, -0.25) is 0 Å². The number of nitrogens with one attached hydrogen (secondary N) is 1. The Morgan fingerprint density at radius 3 is 2.38 bits per heavy atom. The molecule has 3 heteroatoms. The van der Waals surface area contributed by atoms with Crippen molar-refractivity contribution in [3.8, 4) is 0 Å². The summed E-state index contributed by atoms with van der Waals surface area (Å²) in [5.74, 6) is -0.222. The van der Waals surface area contributed by atoms with Crippen LogP contribution in [-0.4, -0.2) is 13.1 Å². The van der Waals surface area contributed by atoms with Crippen LogP contribution in [0.3, 0.4) is 0 Å². The van der Waals surface area contributed by atoms with Gasteiger partial charge in [-0.15, -0.1) is 0 Å². The Balaban J connectivity index is 2.15. The minimum atomic E-state index is -0.304. The molecule has 2 nitrogen and oxygen atoms in total. The van der Waals surface area contributed by atoms with Gasteiger partial charge in [0.25, 0.3) is 0 Å². The van der Waals surface area contributed by atoms with E-state index in [4.69, 9.17) is 4.74 Å². The molecule has 0 aliphatic carbocycles. The van der Waals surface area contributed by atoms with Crippen molar-refractivity contribution in [3.63, 3.8) is 0 Å². The second-order valence-electron chi connectivity index (χ2n) is 5.01. The maximum absolute atomic E-state index is 14.0. The Bertz CT molecular complexity index is 544. The van der Waals surface area contributed by atoms with Crippen LogP contribution in [0, 0.1) is 5.82 Å². The second kappa shape index (κ2) is 7.91. The number of hydrogen-bond acceptors (Lipinski definition) is 2. The lowest BCUT2D eigenvalue weighted by Gasteiger charge is -2.24. The molecule has 0 fully saturated rings. The minimum Gasteiger partial charge on any atom is -0.364 e. The summed E-state index contributed by atoms with van der Waals surface area (Å²) in [7, 11) is 0. The first kappa shape index (κ1) is 15.7. The van der Waals surface area contributed by atoms with Crippen LogP contribution in [0.5, 0.6) is 0 Å². The van der Waals surface area contributed by atoms with Crippen LogP contribution in [0.1, 0.15) is 37.2 Å². The smallest absolute Gasteiger partial charge is 0.129 e. The van der Waals surface area contributed by atoms with Crippen molar-refractivity contribution in [3.05, 3.63) is 71.5 Å². The number of likely N-dealkylation sites (N-methyl/N-ethyl adjacent to an activating group) is 1. The van der Waals surface area contributed by atoms with Gasteiger partial charge in [-0.2, -0.15) is 0 Å². The Hall–Kier alpha value is -1.71. The van der Waals surface area contributed by atoms with Crippen LogP contribution < -0.4 is 5.32 Å². The van der Waals surface area contributed by atoms with E-state index in [9.17, 15) is 4.39 Å². The van der Waals surface area contributed by atoms with Crippen molar-refractivity contribution >= 4 is 0 Å². The lowest BCUT2D eigenvalue weighted by atomic mass is 10.1. The average Bonchev–Trinajstić information content (AvgIpc) is 2.53. The molecule has 0 spiro atoms. The van der Waals surface area contributed by atoms with Gasteiger partial charge in [0.1, 0.15) is 5.82 Å². The van der Waals surface area contributed by atoms with E-state index in [1.807, 2.05) is 50.2 Å². The second-order valence-corrected chi connectivity index (χ2v) is 5.01.